The van der Waals surface area contributed by atoms with Gasteiger partial charge >= 0.3 is 0 Å². The minimum atomic E-state index is 0.0121. The van der Waals surface area contributed by atoms with E-state index in [1.54, 1.807) is 11.6 Å². The van der Waals surface area contributed by atoms with Gasteiger partial charge in [0.05, 0.1) is 11.2 Å². The number of allylic oxidation sites excluding steroid dienone is 1. The van der Waals surface area contributed by atoms with Gasteiger partial charge in [-0.15, -0.1) is 11.3 Å². The van der Waals surface area contributed by atoms with Crippen molar-refractivity contribution in [3.05, 3.63) is 52.0 Å². The maximum Gasteiger partial charge on any atom is 0.185 e. The maximum absolute atomic E-state index is 12.0. The highest BCUT2D eigenvalue weighted by Gasteiger charge is 2.03. The number of thiazole rings is 1. The predicted molar refractivity (Wildman–Crippen MR) is 81.0 cm³/mol. The van der Waals surface area contributed by atoms with Gasteiger partial charge in [0, 0.05) is 30.2 Å². The molecule has 0 unspecified atom stereocenters. The molecular weight excluding hydrogens is 256 g/mol. The van der Waals surface area contributed by atoms with Crippen LogP contribution < -0.4 is 4.90 Å². The molecule has 1 aromatic carbocycles. The summed E-state index contributed by atoms with van der Waals surface area (Å²) in [5.41, 5.74) is 4.52. The van der Waals surface area contributed by atoms with Crippen molar-refractivity contribution in [1.29, 1.82) is 0 Å². The number of anilines is 1. The highest BCUT2D eigenvalue weighted by Crippen LogP contribution is 2.16. The maximum atomic E-state index is 12.0. The molecule has 1 aromatic heterocycles. The van der Waals surface area contributed by atoms with Gasteiger partial charge in [-0.3, -0.25) is 4.79 Å². The Balaban J connectivity index is 2.12. The van der Waals surface area contributed by atoms with Gasteiger partial charge < -0.3 is 4.90 Å². The molecule has 0 saturated carbocycles. The zero-order valence-corrected chi connectivity index (χ0v) is 12.1. The van der Waals surface area contributed by atoms with Crippen LogP contribution in [0, 0.1) is 6.92 Å². The molecule has 3 nitrogen and oxygen atoms in total. The number of carbonyl (C=O) groups is 1. The largest absolute Gasteiger partial charge is 0.378 e. The lowest BCUT2D eigenvalue weighted by Gasteiger charge is -2.11. The molecule has 0 fully saturated rings. The van der Waals surface area contributed by atoms with Crippen LogP contribution in [0.4, 0.5) is 5.69 Å². The van der Waals surface area contributed by atoms with Gasteiger partial charge in [-0.1, -0.05) is 0 Å². The Kier molecular flexibility index (Phi) is 4.12. The van der Waals surface area contributed by atoms with Crippen molar-refractivity contribution >= 4 is 28.9 Å². The van der Waals surface area contributed by atoms with Crippen molar-refractivity contribution in [2.45, 2.75) is 6.92 Å². The van der Waals surface area contributed by atoms with E-state index in [0.717, 1.165) is 16.3 Å². The average molecular weight is 272 g/mol. The fourth-order valence-corrected chi connectivity index (χ4v) is 2.34. The van der Waals surface area contributed by atoms with Gasteiger partial charge in [0.1, 0.15) is 0 Å². The lowest BCUT2D eigenvalue weighted by atomic mass is 10.1. The molecule has 2 rings (SSSR count). The first-order valence-corrected chi connectivity index (χ1v) is 6.86. The second kappa shape index (κ2) is 5.80. The number of nitrogens with zero attached hydrogens (tertiary/aromatic N) is 2. The Morgan fingerprint density at radius 3 is 2.47 bits per heavy atom. The quantitative estimate of drug-likeness (QED) is 0.631. The van der Waals surface area contributed by atoms with Crippen LogP contribution in [0.2, 0.25) is 0 Å². The molecule has 1 heterocycles. The Bertz CT molecular complexity index is 597. The fraction of sp³-hybridized carbons (Fsp3) is 0.200. The van der Waals surface area contributed by atoms with Crippen LogP contribution in [-0.4, -0.2) is 24.9 Å². The van der Waals surface area contributed by atoms with Crippen LogP contribution in [-0.2, 0) is 0 Å². The van der Waals surface area contributed by atoms with Gasteiger partial charge in [-0.25, -0.2) is 4.98 Å². The van der Waals surface area contributed by atoms with E-state index in [4.69, 9.17) is 0 Å². The molecule has 4 heteroatoms. The van der Waals surface area contributed by atoms with E-state index in [1.807, 2.05) is 56.3 Å². The summed E-state index contributed by atoms with van der Waals surface area (Å²) < 4.78 is 0. The third-order valence-electron chi connectivity index (χ3n) is 2.84. The monoisotopic (exact) mass is 272 g/mol. The highest BCUT2D eigenvalue weighted by atomic mass is 32.1. The number of hydrogen-bond donors (Lipinski definition) is 0. The molecule has 98 valence electrons. The summed E-state index contributed by atoms with van der Waals surface area (Å²) in [6.45, 7) is 1.94. The lowest BCUT2D eigenvalue weighted by molar-refractivity contribution is 0.104. The van der Waals surface area contributed by atoms with Gasteiger partial charge in [0.15, 0.2) is 5.78 Å². The number of hydrogen-bond acceptors (Lipinski definition) is 4. The summed E-state index contributed by atoms with van der Waals surface area (Å²) in [6.07, 6.45) is 3.43. The molecule has 0 bridgehead atoms. The van der Waals surface area contributed by atoms with Crippen molar-refractivity contribution in [1.82, 2.24) is 4.98 Å². The van der Waals surface area contributed by atoms with Gasteiger partial charge in [0.25, 0.3) is 0 Å². The van der Waals surface area contributed by atoms with Crippen LogP contribution in [0.1, 0.15) is 20.9 Å². The summed E-state index contributed by atoms with van der Waals surface area (Å²) in [7, 11) is 3.95. The smallest absolute Gasteiger partial charge is 0.185 e. The van der Waals surface area contributed by atoms with Gasteiger partial charge in [-0.2, -0.15) is 0 Å². The molecule has 0 aliphatic rings. The SMILES string of the molecule is Cc1ncsc1/C=C/C(=O)c1ccc(N(C)C)cc1. The second-order valence-corrected chi connectivity index (χ2v) is 5.33. The predicted octanol–water partition coefficient (Wildman–Crippen LogP) is 3.41. The Morgan fingerprint density at radius 1 is 1.26 bits per heavy atom. The number of rotatable bonds is 4. The topological polar surface area (TPSA) is 33.2 Å². The molecule has 0 aliphatic heterocycles. The molecule has 0 spiro atoms. The van der Waals surface area contributed by atoms with E-state index in [1.165, 1.54) is 11.3 Å². The Labute approximate surface area is 117 Å². The summed E-state index contributed by atoms with van der Waals surface area (Å²) in [6, 6.07) is 7.58. The molecule has 0 atom stereocenters. The van der Waals surface area contributed by atoms with Crippen molar-refractivity contribution in [3.63, 3.8) is 0 Å². The fourth-order valence-electron chi connectivity index (χ4n) is 1.64. The molecule has 2 aromatic rings. The summed E-state index contributed by atoms with van der Waals surface area (Å²) in [5.74, 6) is 0.0121. The molecule has 0 N–H and O–H groups in total. The average Bonchev–Trinajstić information content (AvgIpc) is 2.81. The molecule has 0 radical (unpaired) electrons. The third-order valence-corrected chi connectivity index (χ3v) is 3.73. The summed E-state index contributed by atoms with van der Waals surface area (Å²) in [5, 5.41) is 0. The zero-order valence-electron chi connectivity index (χ0n) is 11.3. The number of carbonyl (C=O) groups excluding carboxylic acids is 1. The van der Waals surface area contributed by atoms with Crippen LogP contribution in [0.3, 0.4) is 0 Å². The minimum Gasteiger partial charge on any atom is -0.378 e. The lowest BCUT2D eigenvalue weighted by Crippen LogP contribution is -2.08. The number of benzene rings is 1. The van der Waals surface area contributed by atoms with Crippen molar-refractivity contribution in [2.75, 3.05) is 19.0 Å². The summed E-state index contributed by atoms with van der Waals surface area (Å²) >= 11 is 1.54. The van der Waals surface area contributed by atoms with Crippen LogP contribution >= 0.6 is 11.3 Å². The van der Waals surface area contributed by atoms with E-state index in [0.29, 0.717) is 5.56 Å². The van der Waals surface area contributed by atoms with E-state index < -0.39 is 0 Å². The Morgan fingerprint density at radius 2 is 1.95 bits per heavy atom. The molecule has 19 heavy (non-hydrogen) atoms. The van der Waals surface area contributed by atoms with Crippen LogP contribution in [0.25, 0.3) is 6.08 Å². The first-order valence-electron chi connectivity index (χ1n) is 5.98. The molecule has 0 amide bonds. The molecular formula is C15H16N2OS. The first-order chi connectivity index (χ1) is 9.08. The zero-order chi connectivity index (χ0) is 13.8. The Hall–Kier alpha value is -1.94. The van der Waals surface area contributed by atoms with Crippen LogP contribution in [0.5, 0.6) is 0 Å². The van der Waals surface area contributed by atoms with E-state index in [9.17, 15) is 4.79 Å². The number of ketones is 1. The first kappa shape index (κ1) is 13.5. The van der Waals surface area contributed by atoms with Gasteiger partial charge in [-0.05, 0) is 43.3 Å². The molecule has 0 saturated heterocycles. The highest BCUT2D eigenvalue weighted by molar-refractivity contribution is 7.10. The van der Waals surface area contributed by atoms with E-state index >= 15 is 0 Å². The van der Waals surface area contributed by atoms with Crippen molar-refractivity contribution < 1.29 is 4.79 Å². The third kappa shape index (κ3) is 3.29. The van der Waals surface area contributed by atoms with E-state index in [-0.39, 0.29) is 5.78 Å². The van der Waals surface area contributed by atoms with Crippen molar-refractivity contribution in [3.8, 4) is 0 Å². The summed E-state index contributed by atoms with van der Waals surface area (Å²) in [4.78, 5) is 19.2. The van der Waals surface area contributed by atoms with E-state index in [2.05, 4.69) is 4.98 Å². The number of aryl methyl sites for hydroxylation is 1. The normalized spacial score (nSPS) is 10.9. The standard InChI is InChI=1S/C15H16N2OS/c1-11-15(19-10-16-11)9-8-14(18)12-4-6-13(7-5-12)17(2)3/h4-10H,1-3H3/b9-8+. The second-order valence-electron chi connectivity index (χ2n) is 4.44. The van der Waals surface area contributed by atoms with Crippen molar-refractivity contribution in [2.24, 2.45) is 0 Å². The minimum absolute atomic E-state index is 0.0121. The number of aromatic nitrogens is 1. The van der Waals surface area contributed by atoms with Crippen LogP contribution in [0.15, 0.2) is 35.9 Å². The van der Waals surface area contributed by atoms with Gasteiger partial charge in [0.2, 0.25) is 0 Å². The molecule has 0 aliphatic carbocycles.